The fourth-order valence-electron chi connectivity index (χ4n) is 2.02. The highest BCUT2D eigenvalue weighted by atomic mass is 32.1. The van der Waals surface area contributed by atoms with Crippen LogP contribution in [0.2, 0.25) is 0 Å². The lowest BCUT2D eigenvalue weighted by molar-refractivity contribution is 0.0702. The Bertz CT molecular complexity index is 952. The number of rotatable bonds is 5. The molecule has 0 radical (unpaired) electrons. The second-order valence-electron chi connectivity index (χ2n) is 4.91. The molecule has 0 unspecified atom stereocenters. The van der Waals surface area contributed by atoms with Gasteiger partial charge in [0.2, 0.25) is 0 Å². The van der Waals surface area contributed by atoms with E-state index in [0.717, 1.165) is 29.5 Å². The van der Waals surface area contributed by atoms with E-state index >= 15 is 0 Å². The molecule has 0 bridgehead atoms. The minimum absolute atomic E-state index is 0.0263. The van der Waals surface area contributed by atoms with Crippen molar-refractivity contribution in [1.82, 2.24) is 4.98 Å². The SMILES string of the molecule is C=C/C(=C\C(C#N)=C(/C)c1cc(F)ccc1F)c1ncc(C(=O)O)s1. The van der Waals surface area contributed by atoms with Gasteiger partial charge in [-0.1, -0.05) is 12.7 Å². The van der Waals surface area contributed by atoms with Crippen LogP contribution < -0.4 is 0 Å². The summed E-state index contributed by atoms with van der Waals surface area (Å²) in [5, 5.41) is 18.7. The average molecular weight is 358 g/mol. The van der Waals surface area contributed by atoms with E-state index in [-0.39, 0.29) is 21.6 Å². The molecule has 0 saturated heterocycles. The van der Waals surface area contributed by atoms with Gasteiger partial charge in [0.15, 0.2) is 0 Å². The Labute approximate surface area is 146 Å². The van der Waals surface area contributed by atoms with E-state index in [2.05, 4.69) is 11.6 Å². The van der Waals surface area contributed by atoms with Crippen LogP contribution in [0.5, 0.6) is 0 Å². The molecule has 0 amide bonds. The van der Waals surface area contributed by atoms with Crippen LogP contribution in [-0.4, -0.2) is 16.1 Å². The molecule has 0 saturated carbocycles. The van der Waals surface area contributed by atoms with Gasteiger partial charge >= 0.3 is 5.97 Å². The molecule has 1 aromatic carbocycles. The first-order valence-corrected chi connectivity index (χ1v) is 7.79. The number of halogens is 2. The third-order valence-corrected chi connectivity index (χ3v) is 4.37. The van der Waals surface area contributed by atoms with Gasteiger partial charge < -0.3 is 5.11 Å². The van der Waals surface area contributed by atoms with Gasteiger partial charge in [0, 0.05) is 11.1 Å². The zero-order chi connectivity index (χ0) is 18.6. The molecule has 0 spiro atoms. The third kappa shape index (κ3) is 4.05. The van der Waals surface area contributed by atoms with Crippen LogP contribution in [-0.2, 0) is 0 Å². The maximum Gasteiger partial charge on any atom is 0.347 e. The van der Waals surface area contributed by atoms with Crippen molar-refractivity contribution in [3.05, 3.63) is 75.8 Å². The van der Waals surface area contributed by atoms with Crippen LogP contribution in [0.1, 0.15) is 27.2 Å². The van der Waals surface area contributed by atoms with Crippen LogP contribution in [0.3, 0.4) is 0 Å². The van der Waals surface area contributed by atoms with Gasteiger partial charge in [-0.25, -0.2) is 18.6 Å². The maximum atomic E-state index is 13.9. The quantitative estimate of drug-likeness (QED) is 0.622. The van der Waals surface area contributed by atoms with Crippen LogP contribution in [0.25, 0.3) is 11.1 Å². The largest absolute Gasteiger partial charge is 0.477 e. The lowest BCUT2D eigenvalue weighted by Gasteiger charge is -2.06. The molecule has 0 aliphatic heterocycles. The number of aromatic carboxylic acids is 1. The summed E-state index contributed by atoms with van der Waals surface area (Å²) in [4.78, 5) is 15.0. The van der Waals surface area contributed by atoms with E-state index < -0.39 is 17.6 Å². The van der Waals surface area contributed by atoms with Crippen LogP contribution in [0.4, 0.5) is 8.78 Å². The van der Waals surface area contributed by atoms with Crippen molar-refractivity contribution in [3.63, 3.8) is 0 Å². The number of carboxylic acids is 1. The van der Waals surface area contributed by atoms with E-state index in [1.807, 2.05) is 6.07 Å². The highest BCUT2D eigenvalue weighted by molar-refractivity contribution is 7.14. The summed E-state index contributed by atoms with van der Waals surface area (Å²) in [5.41, 5.74) is 0.715. The number of hydrogen-bond acceptors (Lipinski definition) is 4. The normalized spacial score (nSPS) is 12.3. The van der Waals surface area contributed by atoms with Crippen molar-refractivity contribution in [2.75, 3.05) is 0 Å². The molecule has 25 heavy (non-hydrogen) atoms. The molecule has 0 aliphatic carbocycles. The number of benzene rings is 1. The van der Waals surface area contributed by atoms with Gasteiger partial charge in [-0.2, -0.15) is 5.26 Å². The second-order valence-corrected chi connectivity index (χ2v) is 5.94. The lowest BCUT2D eigenvalue weighted by atomic mass is 9.99. The van der Waals surface area contributed by atoms with E-state index in [1.165, 1.54) is 25.3 Å². The summed E-state index contributed by atoms with van der Waals surface area (Å²) in [5.74, 6) is -2.38. The maximum absolute atomic E-state index is 13.9. The van der Waals surface area contributed by atoms with Crippen molar-refractivity contribution in [2.45, 2.75) is 6.92 Å². The lowest BCUT2D eigenvalue weighted by Crippen LogP contribution is -1.92. The summed E-state index contributed by atoms with van der Waals surface area (Å²) in [6, 6.07) is 4.93. The Morgan fingerprint density at radius 3 is 2.72 bits per heavy atom. The van der Waals surface area contributed by atoms with Gasteiger partial charge in [0.05, 0.1) is 17.8 Å². The van der Waals surface area contributed by atoms with Crippen LogP contribution >= 0.6 is 11.3 Å². The molecule has 2 rings (SSSR count). The Balaban J connectivity index is 2.55. The van der Waals surface area contributed by atoms with Crippen LogP contribution in [0, 0.1) is 23.0 Å². The van der Waals surface area contributed by atoms with E-state index in [9.17, 15) is 18.8 Å². The monoisotopic (exact) mass is 358 g/mol. The zero-order valence-electron chi connectivity index (χ0n) is 13.1. The van der Waals surface area contributed by atoms with E-state index in [1.54, 1.807) is 0 Å². The van der Waals surface area contributed by atoms with Crippen molar-refractivity contribution in [2.24, 2.45) is 0 Å². The van der Waals surface area contributed by atoms with Gasteiger partial charge in [-0.05, 0) is 36.8 Å². The average Bonchev–Trinajstić information content (AvgIpc) is 3.08. The minimum atomic E-state index is -1.11. The molecule has 0 atom stereocenters. The first kappa shape index (κ1) is 18.2. The predicted molar refractivity (Wildman–Crippen MR) is 91.8 cm³/mol. The van der Waals surface area contributed by atoms with Crippen molar-refractivity contribution < 1.29 is 18.7 Å². The summed E-state index contributed by atoms with van der Waals surface area (Å²) >= 11 is 0.923. The standard InChI is InChI=1S/C18H12F2N2O2S/c1-3-11(17-22-9-16(25-17)18(23)24)6-12(8-21)10(2)14-7-13(19)4-5-15(14)20/h3-7,9H,1H2,2H3,(H,23,24)/b11-6+,12-10-. The van der Waals surface area contributed by atoms with Crippen molar-refractivity contribution >= 4 is 28.5 Å². The molecule has 1 aromatic heterocycles. The fourth-order valence-corrected chi connectivity index (χ4v) is 2.79. The number of thiazole rings is 1. The fraction of sp³-hybridized carbons (Fsp3) is 0.0556. The Morgan fingerprint density at radius 1 is 1.44 bits per heavy atom. The summed E-state index contributed by atoms with van der Waals surface area (Å²) in [7, 11) is 0. The van der Waals surface area contributed by atoms with Gasteiger partial charge in [0.25, 0.3) is 0 Å². The number of hydrogen-bond donors (Lipinski definition) is 1. The Morgan fingerprint density at radius 2 is 2.16 bits per heavy atom. The third-order valence-electron chi connectivity index (χ3n) is 3.34. The molecular weight excluding hydrogens is 346 g/mol. The van der Waals surface area contributed by atoms with E-state index in [4.69, 9.17) is 5.11 Å². The molecule has 7 heteroatoms. The highest BCUT2D eigenvalue weighted by Crippen LogP contribution is 2.27. The number of nitrogens with zero attached hydrogens (tertiary/aromatic N) is 2. The van der Waals surface area contributed by atoms with Gasteiger partial charge in [-0.15, -0.1) is 11.3 Å². The molecule has 0 aliphatic rings. The number of carboxylic acid groups (broad SMARTS) is 1. The predicted octanol–water partition coefficient (Wildman–Crippen LogP) is 4.69. The molecule has 126 valence electrons. The van der Waals surface area contributed by atoms with Crippen LogP contribution in [0.15, 0.2) is 48.7 Å². The number of carbonyl (C=O) groups is 1. The summed E-state index contributed by atoms with van der Waals surface area (Å²) < 4.78 is 27.3. The van der Waals surface area contributed by atoms with Crippen molar-refractivity contribution in [1.29, 1.82) is 5.26 Å². The smallest absolute Gasteiger partial charge is 0.347 e. The first-order chi connectivity index (χ1) is 11.9. The molecule has 1 heterocycles. The molecule has 2 aromatic rings. The summed E-state index contributed by atoms with van der Waals surface area (Å²) in [6.07, 6.45) is 4.03. The zero-order valence-corrected chi connectivity index (χ0v) is 13.9. The number of nitriles is 1. The Hall–Kier alpha value is -3.11. The number of aromatic nitrogens is 1. The molecular formula is C18H12F2N2O2S. The molecule has 1 N–H and O–H groups in total. The minimum Gasteiger partial charge on any atom is -0.477 e. The topological polar surface area (TPSA) is 74.0 Å². The second kappa shape index (κ2) is 7.64. The number of allylic oxidation sites excluding steroid dienone is 5. The molecule has 0 fully saturated rings. The highest BCUT2D eigenvalue weighted by Gasteiger charge is 2.13. The summed E-state index contributed by atoms with van der Waals surface area (Å²) in [6.45, 7) is 5.13. The molecule has 4 nitrogen and oxygen atoms in total. The Kier molecular flexibility index (Phi) is 5.57. The van der Waals surface area contributed by atoms with Crippen molar-refractivity contribution in [3.8, 4) is 6.07 Å². The van der Waals surface area contributed by atoms with E-state index in [0.29, 0.717) is 10.6 Å². The van der Waals surface area contributed by atoms with Gasteiger partial charge in [0.1, 0.15) is 21.5 Å². The first-order valence-electron chi connectivity index (χ1n) is 6.97. The van der Waals surface area contributed by atoms with Gasteiger partial charge in [-0.3, -0.25) is 0 Å².